The second kappa shape index (κ2) is 8.92. The van der Waals surface area contributed by atoms with Crippen LogP contribution in [0.2, 0.25) is 0 Å². The molecule has 1 fully saturated rings. The average molecular weight is 560 g/mol. The summed E-state index contributed by atoms with van der Waals surface area (Å²) in [5.74, 6) is 0. The van der Waals surface area contributed by atoms with Crippen LogP contribution in [0.3, 0.4) is 0 Å². The number of nitrogens with zero attached hydrogens (tertiary/aromatic N) is 5. The molecule has 0 radical (unpaired) electrons. The van der Waals surface area contributed by atoms with Crippen LogP contribution in [0.5, 0.6) is 0 Å². The quantitative estimate of drug-likeness (QED) is 0.316. The van der Waals surface area contributed by atoms with Crippen molar-refractivity contribution in [1.29, 1.82) is 0 Å². The van der Waals surface area contributed by atoms with Gasteiger partial charge in [-0.25, -0.2) is 17.7 Å². The van der Waals surface area contributed by atoms with Crippen LogP contribution in [-0.2, 0) is 16.2 Å². The van der Waals surface area contributed by atoms with E-state index in [4.69, 9.17) is 0 Å². The standard InChI is InChI=1S/C24H20F3N7O2S2/c1-33(23-30-13-31-37-23)38(35,36)16-3-5-18-20(12-29-22(18)9-16)17-4-2-14(24(25,26)27)8-19(17)21-6-7-34(32-21)15-10-28-11-15/h2-9,12-13,15,28-29H,10-11H2,1H3. The van der Waals surface area contributed by atoms with Gasteiger partial charge >= 0.3 is 6.18 Å². The third-order valence-electron chi connectivity index (χ3n) is 6.59. The molecular weight excluding hydrogens is 539 g/mol. The summed E-state index contributed by atoms with van der Waals surface area (Å²) in [6, 6.07) is 10.0. The summed E-state index contributed by atoms with van der Waals surface area (Å²) in [4.78, 5) is 7.07. The number of hydrogen-bond donors (Lipinski definition) is 2. The number of nitrogens with one attached hydrogen (secondary N) is 2. The van der Waals surface area contributed by atoms with Gasteiger partial charge < -0.3 is 10.3 Å². The lowest BCUT2D eigenvalue weighted by atomic mass is 9.95. The molecule has 1 aliphatic rings. The van der Waals surface area contributed by atoms with E-state index in [1.54, 1.807) is 29.2 Å². The van der Waals surface area contributed by atoms with E-state index < -0.39 is 21.8 Å². The summed E-state index contributed by atoms with van der Waals surface area (Å²) in [6.07, 6.45) is 0.191. The second-order valence-corrected chi connectivity index (χ2v) is 11.6. The molecule has 2 N–H and O–H groups in total. The molecule has 196 valence electrons. The van der Waals surface area contributed by atoms with Crippen molar-refractivity contribution in [2.45, 2.75) is 17.1 Å². The van der Waals surface area contributed by atoms with E-state index in [-0.39, 0.29) is 16.1 Å². The van der Waals surface area contributed by atoms with E-state index in [2.05, 4.69) is 24.8 Å². The highest BCUT2D eigenvalue weighted by molar-refractivity contribution is 7.93. The summed E-state index contributed by atoms with van der Waals surface area (Å²) < 4.78 is 73.8. The molecule has 0 spiro atoms. The second-order valence-electron chi connectivity index (χ2n) is 8.86. The summed E-state index contributed by atoms with van der Waals surface area (Å²) in [5, 5.41) is 8.61. The monoisotopic (exact) mass is 559 g/mol. The van der Waals surface area contributed by atoms with E-state index in [9.17, 15) is 21.6 Å². The first-order chi connectivity index (χ1) is 18.1. The van der Waals surface area contributed by atoms with E-state index in [0.29, 0.717) is 33.3 Å². The van der Waals surface area contributed by atoms with Crippen LogP contribution in [0, 0.1) is 0 Å². The number of alkyl halides is 3. The zero-order valence-electron chi connectivity index (χ0n) is 19.8. The van der Waals surface area contributed by atoms with Crippen molar-refractivity contribution >= 4 is 37.6 Å². The smallest absolute Gasteiger partial charge is 0.361 e. The molecule has 3 aromatic heterocycles. The number of hydrogen-bond acceptors (Lipinski definition) is 7. The van der Waals surface area contributed by atoms with Crippen molar-refractivity contribution < 1.29 is 21.6 Å². The molecule has 2 aromatic carbocycles. The molecule has 38 heavy (non-hydrogen) atoms. The van der Waals surface area contributed by atoms with Crippen LogP contribution in [0.4, 0.5) is 18.3 Å². The molecule has 5 aromatic rings. The fraction of sp³-hybridized carbons (Fsp3) is 0.208. The highest BCUT2D eigenvalue weighted by atomic mass is 32.2. The normalized spacial score (nSPS) is 14.6. The van der Waals surface area contributed by atoms with E-state index in [1.165, 1.54) is 31.6 Å². The number of aromatic nitrogens is 5. The molecule has 0 amide bonds. The maximum Gasteiger partial charge on any atom is 0.416 e. The van der Waals surface area contributed by atoms with Crippen LogP contribution in [0.25, 0.3) is 33.3 Å². The molecule has 1 aliphatic heterocycles. The molecule has 6 rings (SSSR count). The minimum atomic E-state index is -4.52. The van der Waals surface area contributed by atoms with Gasteiger partial charge in [0, 0.05) is 66.1 Å². The van der Waals surface area contributed by atoms with Gasteiger partial charge in [0.1, 0.15) is 6.33 Å². The molecule has 0 saturated carbocycles. The zero-order valence-corrected chi connectivity index (χ0v) is 21.4. The Labute approximate surface area is 219 Å². The maximum atomic E-state index is 13.6. The lowest BCUT2D eigenvalue weighted by Crippen LogP contribution is -2.43. The topological polar surface area (TPSA) is 109 Å². The molecule has 9 nitrogen and oxygen atoms in total. The maximum absolute atomic E-state index is 13.6. The van der Waals surface area contributed by atoms with Gasteiger partial charge in [-0.15, -0.1) is 0 Å². The molecule has 4 heterocycles. The number of benzene rings is 2. The lowest BCUT2D eigenvalue weighted by molar-refractivity contribution is -0.137. The average Bonchev–Trinajstić information content (AvgIpc) is 3.62. The Morgan fingerprint density at radius 1 is 1.08 bits per heavy atom. The Hall–Kier alpha value is -3.75. The molecule has 1 saturated heterocycles. The van der Waals surface area contributed by atoms with Gasteiger partial charge in [-0.2, -0.15) is 22.6 Å². The number of halogens is 3. The third kappa shape index (κ3) is 4.14. The van der Waals surface area contributed by atoms with Crippen LogP contribution < -0.4 is 9.62 Å². The zero-order chi connectivity index (χ0) is 26.7. The van der Waals surface area contributed by atoms with E-state index in [1.807, 2.05) is 0 Å². The highest BCUT2D eigenvalue weighted by Gasteiger charge is 2.32. The molecule has 0 atom stereocenters. The minimum Gasteiger partial charge on any atom is -0.361 e. The van der Waals surface area contributed by atoms with Crippen LogP contribution in [0.15, 0.2) is 66.1 Å². The Kier molecular flexibility index (Phi) is 5.77. The lowest BCUT2D eigenvalue weighted by Gasteiger charge is -2.27. The Morgan fingerprint density at radius 2 is 1.89 bits per heavy atom. The van der Waals surface area contributed by atoms with Crippen LogP contribution in [0.1, 0.15) is 11.6 Å². The van der Waals surface area contributed by atoms with Crippen molar-refractivity contribution in [3.05, 3.63) is 66.7 Å². The number of H-pyrrole nitrogens is 1. The Morgan fingerprint density at radius 3 is 2.58 bits per heavy atom. The first-order valence-electron chi connectivity index (χ1n) is 11.5. The number of fused-ring (bicyclic) bond motifs is 1. The Balaban J connectivity index is 1.44. The van der Waals surface area contributed by atoms with Crippen molar-refractivity contribution in [3.63, 3.8) is 0 Å². The van der Waals surface area contributed by atoms with Gasteiger partial charge in [-0.05, 0) is 35.9 Å². The van der Waals surface area contributed by atoms with Gasteiger partial charge in [0.15, 0.2) is 0 Å². The number of sulfonamides is 1. The third-order valence-corrected chi connectivity index (χ3v) is 9.19. The fourth-order valence-electron chi connectivity index (χ4n) is 4.37. The predicted molar refractivity (Wildman–Crippen MR) is 137 cm³/mol. The number of rotatable bonds is 6. The van der Waals surface area contributed by atoms with Gasteiger partial charge in [-0.1, -0.05) is 12.1 Å². The molecule has 0 unspecified atom stereocenters. The van der Waals surface area contributed by atoms with Gasteiger partial charge in [0.25, 0.3) is 10.0 Å². The van der Waals surface area contributed by atoms with Gasteiger partial charge in [0.05, 0.1) is 22.2 Å². The van der Waals surface area contributed by atoms with Crippen molar-refractivity contribution in [2.24, 2.45) is 0 Å². The summed E-state index contributed by atoms with van der Waals surface area (Å²) in [6.45, 7) is 1.50. The van der Waals surface area contributed by atoms with Crippen molar-refractivity contribution in [3.8, 4) is 22.4 Å². The number of anilines is 1. The van der Waals surface area contributed by atoms with Crippen LogP contribution >= 0.6 is 11.5 Å². The summed E-state index contributed by atoms with van der Waals surface area (Å²) in [7, 11) is -2.51. The van der Waals surface area contributed by atoms with Gasteiger partial charge in [0.2, 0.25) is 5.13 Å². The molecule has 14 heteroatoms. The Bertz CT molecular complexity index is 1740. The van der Waals surface area contributed by atoms with Crippen molar-refractivity contribution in [1.82, 2.24) is 29.4 Å². The SMILES string of the molecule is CN(c1ncns1)S(=O)(=O)c1ccc2c(-c3ccc(C(F)(F)F)cc3-c3ccn(C4CNC4)n3)c[nH]c2c1. The summed E-state index contributed by atoms with van der Waals surface area (Å²) >= 11 is 0.955. The largest absolute Gasteiger partial charge is 0.416 e. The molecule has 0 aliphatic carbocycles. The minimum absolute atomic E-state index is 0.0385. The molecule has 0 bridgehead atoms. The first kappa shape index (κ1) is 24.6. The number of aromatic amines is 1. The van der Waals surface area contributed by atoms with E-state index in [0.717, 1.165) is 41.1 Å². The van der Waals surface area contributed by atoms with Crippen molar-refractivity contribution in [2.75, 3.05) is 24.4 Å². The van der Waals surface area contributed by atoms with Crippen LogP contribution in [-0.4, -0.2) is 52.7 Å². The fourth-order valence-corrected chi connectivity index (χ4v) is 6.24. The predicted octanol–water partition coefficient (Wildman–Crippen LogP) is 4.54. The highest BCUT2D eigenvalue weighted by Crippen LogP contribution is 2.40. The van der Waals surface area contributed by atoms with Gasteiger partial charge in [-0.3, -0.25) is 4.68 Å². The summed E-state index contributed by atoms with van der Waals surface area (Å²) in [5.41, 5.74) is 1.67. The molecular formula is C24H20F3N7O2S2. The van der Waals surface area contributed by atoms with E-state index >= 15 is 0 Å². The first-order valence-corrected chi connectivity index (χ1v) is 13.7.